The van der Waals surface area contributed by atoms with Gasteiger partial charge in [0.1, 0.15) is 0 Å². The normalized spacial score (nSPS) is 16.7. The number of rotatable bonds is 1. The minimum Gasteiger partial charge on any atom is -0.357 e. The SMILES string of the molecule is Cc1cc(-c2cccc3c4c([nH]c23)C(C)(C)c2ccccc2-4)c2c(c1)[C@H]1c3ccccc3-c3cccc(c31)[B]2. The number of fused-ring (bicyclic) bond motifs is 10. The molecule has 1 atom stereocenters. The first-order valence-electron chi connectivity index (χ1n) is 14.0. The van der Waals surface area contributed by atoms with Gasteiger partial charge in [0.25, 0.3) is 0 Å². The molecule has 0 saturated carbocycles. The second kappa shape index (κ2) is 7.21. The van der Waals surface area contributed by atoms with Crippen molar-refractivity contribution in [1.82, 2.24) is 4.98 Å². The summed E-state index contributed by atoms with van der Waals surface area (Å²) in [7, 11) is 2.44. The molecule has 1 radical (unpaired) electrons. The molecule has 0 saturated heterocycles. The topological polar surface area (TPSA) is 15.8 Å². The third kappa shape index (κ3) is 2.62. The third-order valence-electron chi connectivity index (χ3n) is 9.58. The fraction of sp³-hybridized carbons (Fsp3) is 0.135. The summed E-state index contributed by atoms with van der Waals surface area (Å²) in [6, 6.07) is 36.4. The van der Waals surface area contributed by atoms with Gasteiger partial charge in [0.05, 0.1) is 5.52 Å². The maximum atomic E-state index is 3.96. The summed E-state index contributed by atoms with van der Waals surface area (Å²) >= 11 is 0. The van der Waals surface area contributed by atoms with Crippen LogP contribution in [0.1, 0.15) is 53.3 Å². The van der Waals surface area contributed by atoms with E-state index in [2.05, 4.69) is 130 Å². The highest BCUT2D eigenvalue weighted by atomic mass is 14.8. The fourth-order valence-corrected chi connectivity index (χ4v) is 7.91. The van der Waals surface area contributed by atoms with Gasteiger partial charge in [-0.05, 0) is 51.4 Å². The number of H-pyrrole nitrogens is 1. The van der Waals surface area contributed by atoms with Gasteiger partial charge in [0.15, 0.2) is 7.28 Å². The summed E-state index contributed by atoms with van der Waals surface area (Å²) in [4.78, 5) is 3.96. The predicted octanol–water partition coefficient (Wildman–Crippen LogP) is 7.58. The maximum Gasteiger partial charge on any atom is 0.193 e. The van der Waals surface area contributed by atoms with Crippen molar-refractivity contribution >= 4 is 29.1 Å². The maximum absolute atomic E-state index is 3.96. The van der Waals surface area contributed by atoms with E-state index in [4.69, 9.17) is 0 Å². The first-order valence-corrected chi connectivity index (χ1v) is 14.0. The van der Waals surface area contributed by atoms with Crippen LogP contribution in [-0.4, -0.2) is 12.3 Å². The largest absolute Gasteiger partial charge is 0.357 e. The molecule has 3 aliphatic rings. The number of benzene rings is 5. The Morgan fingerprint density at radius 3 is 2.33 bits per heavy atom. The summed E-state index contributed by atoms with van der Waals surface area (Å²) < 4.78 is 0. The second-order valence-corrected chi connectivity index (χ2v) is 12.1. The minimum atomic E-state index is -0.0523. The number of aryl methyl sites for hydroxylation is 1. The molecular weight excluding hydrogens is 469 g/mol. The Bertz CT molecular complexity index is 2040. The highest BCUT2D eigenvalue weighted by Gasteiger charge is 2.40. The Morgan fingerprint density at radius 2 is 1.44 bits per heavy atom. The van der Waals surface area contributed by atoms with Gasteiger partial charge in [0, 0.05) is 33.5 Å². The number of aromatic amines is 1. The minimum absolute atomic E-state index is 0.0523. The van der Waals surface area contributed by atoms with Crippen LogP contribution in [0.2, 0.25) is 0 Å². The molecule has 0 amide bonds. The Morgan fingerprint density at radius 1 is 0.692 bits per heavy atom. The van der Waals surface area contributed by atoms with Gasteiger partial charge in [-0.1, -0.05) is 127 Å². The zero-order valence-electron chi connectivity index (χ0n) is 22.4. The highest BCUT2D eigenvalue weighted by molar-refractivity contribution is 6.71. The molecule has 9 rings (SSSR count). The molecule has 183 valence electrons. The smallest absolute Gasteiger partial charge is 0.193 e. The lowest BCUT2D eigenvalue weighted by Gasteiger charge is -2.29. The molecule has 2 heterocycles. The van der Waals surface area contributed by atoms with Gasteiger partial charge < -0.3 is 4.98 Å². The number of aromatic nitrogens is 1. The van der Waals surface area contributed by atoms with Crippen molar-refractivity contribution in [2.45, 2.75) is 32.1 Å². The molecule has 0 spiro atoms. The molecule has 5 aromatic carbocycles. The van der Waals surface area contributed by atoms with Crippen molar-refractivity contribution in [1.29, 1.82) is 0 Å². The summed E-state index contributed by atoms with van der Waals surface area (Å²) in [6.45, 7) is 6.95. The average Bonchev–Trinajstić information content (AvgIpc) is 3.58. The molecule has 0 fully saturated rings. The van der Waals surface area contributed by atoms with E-state index in [0.717, 1.165) is 0 Å². The van der Waals surface area contributed by atoms with Crippen LogP contribution in [0.15, 0.2) is 97.1 Å². The van der Waals surface area contributed by atoms with Crippen molar-refractivity contribution in [3.63, 3.8) is 0 Å². The Kier molecular flexibility index (Phi) is 4.00. The molecule has 0 bridgehead atoms. The molecule has 1 nitrogen and oxygen atoms in total. The van der Waals surface area contributed by atoms with E-state index in [0.29, 0.717) is 0 Å². The van der Waals surface area contributed by atoms with E-state index in [1.54, 1.807) is 0 Å². The van der Waals surface area contributed by atoms with Gasteiger partial charge >= 0.3 is 0 Å². The van der Waals surface area contributed by atoms with Crippen LogP contribution in [0.4, 0.5) is 0 Å². The molecule has 2 heteroatoms. The number of nitrogens with one attached hydrogen (secondary N) is 1. The van der Waals surface area contributed by atoms with Gasteiger partial charge in [-0.3, -0.25) is 0 Å². The Hall–Kier alpha value is -4.30. The molecular formula is C37H27BN. The summed E-state index contributed by atoms with van der Waals surface area (Å²) in [5.74, 6) is 0.282. The molecule has 0 unspecified atom stereocenters. The zero-order valence-corrected chi connectivity index (χ0v) is 22.4. The summed E-state index contributed by atoms with van der Waals surface area (Å²) in [5.41, 5.74) is 20.4. The number of para-hydroxylation sites is 1. The van der Waals surface area contributed by atoms with Crippen LogP contribution in [0, 0.1) is 6.92 Å². The lowest BCUT2D eigenvalue weighted by atomic mass is 9.52. The van der Waals surface area contributed by atoms with Crippen molar-refractivity contribution < 1.29 is 0 Å². The van der Waals surface area contributed by atoms with Crippen LogP contribution in [0.3, 0.4) is 0 Å². The van der Waals surface area contributed by atoms with Crippen molar-refractivity contribution in [3.8, 4) is 33.4 Å². The average molecular weight is 496 g/mol. The van der Waals surface area contributed by atoms with Gasteiger partial charge in [-0.2, -0.15) is 0 Å². The molecule has 1 aromatic heterocycles. The quantitative estimate of drug-likeness (QED) is 0.226. The van der Waals surface area contributed by atoms with Crippen LogP contribution < -0.4 is 10.9 Å². The van der Waals surface area contributed by atoms with Crippen LogP contribution in [0.5, 0.6) is 0 Å². The summed E-state index contributed by atoms with van der Waals surface area (Å²) in [5, 5.41) is 1.32. The van der Waals surface area contributed by atoms with Crippen molar-refractivity contribution in [2.24, 2.45) is 0 Å². The van der Waals surface area contributed by atoms with E-state index in [-0.39, 0.29) is 11.3 Å². The number of hydrogen-bond donors (Lipinski definition) is 1. The van der Waals surface area contributed by atoms with Crippen LogP contribution >= 0.6 is 0 Å². The second-order valence-electron chi connectivity index (χ2n) is 12.1. The first-order chi connectivity index (χ1) is 19.0. The predicted molar refractivity (Wildman–Crippen MR) is 164 cm³/mol. The van der Waals surface area contributed by atoms with Crippen LogP contribution in [0.25, 0.3) is 44.3 Å². The molecule has 1 N–H and O–H groups in total. The molecule has 39 heavy (non-hydrogen) atoms. The number of hydrogen-bond acceptors (Lipinski definition) is 0. The highest BCUT2D eigenvalue weighted by Crippen LogP contribution is 2.53. The monoisotopic (exact) mass is 496 g/mol. The Labute approximate surface area is 229 Å². The molecule has 1 aliphatic heterocycles. The lowest BCUT2D eigenvalue weighted by molar-refractivity contribution is 0.642. The van der Waals surface area contributed by atoms with E-state index >= 15 is 0 Å². The summed E-state index contributed by atoms with van der Waals surface area (Å²) in [6.07, 6.45) is 0. The third-order valence-corrected chi connectivity index (χ3v) is 9.58. The van der Waals surface area contributed by atoms with Gasteiger partial charge in [0.2, 0.25) is 0 Å². The van der Waals surface area contributed by atoms with E-state index < -0.39 is 0 Å². The molecule has 2 aliphatic carbocycles. The lowest BCUT2D eigenvalue weighted by Crippen LogP contribution is -2.40. The van der Waals surface area contributed by atoms with E-state index in [1.165, 1.54) is 88.7 Å². The van der Waals surface area contributed by atoms with E-state index in [1.807, 2.05) is 0 Å². The van der Waals surface area contributed by atoms with E-state index in [9.17, 15) is 0 Å². The standard InChI is InChI=1S/C37H27BN/c1-20-18-27(24-14-8-15-26-32-25-12-6-7-16-29(25)37(2,3)36(32)39-35(24)26)34-28(19-20)31-22-11-5-4-10-21(22)23-13-9-17-30(38-34)33(23)31/h4-19,31,39H,1-3H3/t31-/m1/s1. The fourth-order valence-electron chi connectivity index (χ4n) is 7.91. The van der Waals surface area contributed by atoms with Gasteiger partial charge in [-0.25, -0.2) is 0 Å². The zero-order chi connectivity index (χ0) is 26.0. The van der Waals surface area contributed by atoms with Gasteiger partial charge in [-0.15, -0.1) is 0 Å². The van der Waals surface area contributed by atoms with Crippen molar-refractivity contribution in [2.75, 3.05) is 0 Å². The van der Waals surface area contributed by atoms with Crippen LogP contribution in [-0.2, 0) is 5.41 Å². The van der Waals surface area contributed by atoms with Crippen molar-refractivity contribution in [3.05, 3.63) is 131 Å². The molecule has 6 aromatic rings. The first kappa shape index (κ1) is 21.6. The Balaban J connectivity index is 1.33.